The number of carbonyl (C=O) groups excluding carboxylic acids is 1. The molecule has 31 heavy (non-hydrogen) atoms. The Labute approximate surface area is 185 Å². The van der Waals surface area contributed by atoms with E-state index in [2.05, 4.69) is 46.7 Å². The van der Waals surface area contributed by atoms with E-state index in [-0.39, 0.29) is 5.91 Å². The van der Waals surface area contributed by atoms with E-state index in [0.717, 1.165) is 64.5 Å². The largest absolute Gasteiger partial charge is 0.381 e. The van der Waals surface area contributed by atoms with Crippen LogP contribution in [0, 0.1) is 0 Å². The lowest BCUT2D eigenvalue weighted by molar-refractivity contribution is -0.119. The molecule has 0 aliphatic carbocycles. The highest BCUT2D eigenvalue weighted by atomic mass is 16.5. The summed E-state index contributed by atoms with van der Waals surface area (Å²) in [6.07, 6.45) is 4.19. The second-order valence-corrected chi connectivity index (χ2v) is 8.30. The van der Waals surface area contributed by atoms with Crippen molar-refractivity contribution < 1.29 is 14.3 Å². The van der Waals surface area contributed by atoms with Crippen LogP contribution in [0.2, 0.25) is 0 Å². The highest BCUT2D eigenvalue weighted by Crippen LogP contribution is 2.15. The van der Waals surface area contributed by atoms with Crippen molar-refractivity contribution in [1.29, 1.82) is 0 Å². The number of hydrogen-bond donors (Lipinski definition) is 3. The maximum Gasteiger partial charge on any atom is 0.231 e. The van der Waals surface area contributed by atoms with Crippen LogP contribution in [0.1, 0.15) is 43.7 Å². The molecule has 2 fully saturated rings. The van der Waals surface area contributed by atoms with E-state index < -0.39 is 0 Å². The molecular formula is C23H37N5O3. The smallest absolute Gasteiger partial charge is 0.231 e. The van der Waals surface area contributed by atoms with E-state index in [1.807, 2.05) is 0 Å². The van der Waals surface area contributed by atoms with Gasteiger partial charge in [-0.1, -0.05) is 24.3 Å². The number of benzene rings is 1. The molecule has 3 rings (SSSR count). The lowest BCUT2D eigenvalue weighted by Crippen LogP contribution is -2.49. The molecule has 1 amide bonds. The molecule has 8 nitrogen and oxygen atoms in total. The zero-order chi connectivity index (χ0) is 21.9. The number of nitrogens with zero attached hydrogens (tertiary/aromatic N) is 2. The van der Waals surface area contributed by atoms with Crippen molar-refractivity contribution in [2.75, 3.05) is 39.4 Å². The summed E-state index contributed by atoms with van der Waals surface area (Å²) in [4.78, 5) is 18.0. The zero-order valence-corrected chi connectivity index (χ0v) is 18.6. The maximum atomic E-state index is 11.1. The molecule has 0 aromatic heterocycles. The van der Waals surface area contributed by atoms with Crippen LogP contribution in [0.25, 0.3) is 0 Å². The molecule has 0 bridgehead atoms. The van der Waals surface area contributed by atoms with Gasteiger partial charge in [0, 0.05) is 38.9 Å². The number of likely N-dealkylation sites (tertiary alicyclic amines) is 1. The first-order valence-electron chi connectivity index (χ1n) is 11.4. The Morgan fingerprint density at radius 3 is 2.68 bits per heavy atom. The number of rotatable bonds is 9. The monoisotopic (exact) mass is 431 g/mol. The second kappa shape index (κ2) is 12.6. The van der Waals surface area contributed by atoms with Crippen molar-refractivity contribution in [1.82, 2.24) is 15.5 Å². The van der Waals surface area contributed by atoms with Crippen LogP contribution in [0.3, 0.4) is 0 Å². The Morgan fingerprint density at radius 2 is 1.97 bits per heavy atom. The Kier molecular flexibility index (Phi) is 9.58. The molecule has 0 atom stereocenters. The molecule has 2 aliphatic rings. The van der Waals surface area contributed by atoms with Gasteiger partial charge >= 0.3 is 0 Å². The van der Waals surface area contributed by atoms with Crippen molar-refractivity contribution in [2.24, 2.45) is 10.7 Å². The van der Waals surface area contributed by atoms with Crippen molar-refractivity contribution in [3.63, 3.8) is 0 Å². The molecule has 0 radical (unpaired) electrons. The van der Waals surface area contributed by atoms with Crippen LogP contribution in [-0.2, 0) is 27.4 Å². The lowest BCUT2D eigenvalue weighted by Gasteiger charge is -2.32. The summed E-state index contributed by atoms with van der Waals surface area (Å²) in [5, 5.41) is 6.88. The van der Waals surface area contributed by atoms with Gasteiger partial charge in [0.25, 0.3) is 0 Å². The molecular weight excluding hydrogens is 394 g/mol. The van der Waals surface area contributed by atoms with Crippen LogP contribution in [0.15, 0.2) is 29.3 Å². The summed E-state index contributed by atoms with van der Waals surface area (Å²) >= 11 is 0. The highest BCUT2D eigenvalue weighted by molar-refractivity contribution is 5.80. The molecule has 0 spiro atoms. The van der Waals surface area contributed by atoms with Gasteiger partial charge in [0.15, 0.2) is 5.96 Å². The predicted octanol–water partition coefficient (Wildman–Crippen LogP) is 1.39. The fourth-order valence-corrected chi connectivity index (χ4v) is 4.01. The minimum Gasteiger partial charge on any atom is -0.381 e. The molecule has 8 heteroatoms. The first kappa shape index (κ1) is 23.5. The van der Waals surface area contributed by atoms with Crippen LogP contribution in [0.4, 0.5) is 0 Å². The number of piperidine rings is 1. The average molecular weight is 432 g/mol. The normalized spacial score (nSPS) is 19.3. The third-order valence-electron chi connectivity index (χ3n) is 5.72. The summed E-state index contributed by atoms with van der Waals surface area (Å²) in [5.41, 5.74) is 7.65. The molecule has 0 unspecified atom stereocenters. The highest BCUT2D eigenvalue weighted by Gasteiger charge is 2.20. The standard InChI is InChI=1S/C23H37N5O3/c1-2-25-23(27-20-6-10-28(11-7-20)16-22(24)29)26-15-18-4-3-5-19(14-18)17-31-21-8-12-30-13-9-21/h3-5,14,20-21H,2,6-13,15-17H2,1H3,(H2,24,29)(H2,25,26,27). The van der Waals surface area contributed by atoms with Gasteiger partial charge in [0.2, 0.25) is 5.91 Å². The van der Waals surface area contributed by atoms with Crippen molar-refractivity contribution in [3.05, 3.63) is 35.4 Å². The van der Waals surface area contributed by atoms with Gasteiger partial charge in [0.1, 0.15) is 0 Å². The van der Waals surface area contributed by atoms with Crippen LogP contribution < -0.4 is 16.4 Å². The quantitative estimate of drug-likeness (QED) is 0.403. The molecule has 2 aliphatic heterocycles. The maximum absolute atomic E-state index is 11.1. The number of guanidine groups is 1. The van der Waals surface area contributed by atoms with Crippen LogP contribution >= 0.6 is 0 Å². The van der Waals surface area contributed by atoms with Crippen molar-refractivity contribution >= 4 is 11.9 Å². The number of nitrogens with one attached hydrogen (secondary N) is 2. The summed E-state index contributed by atoms with van der Waals surface area (Å²) in [6, 6.07) is 8.81. The van der Waals surface area contributed by atoms with E-state index in [1.54, 1.807) is 0 Å². The summed E-state index contributed by atoms with van der Waals surface area (Å²) in [6.45, 7) is 7.80. The molecule has 2 heterocycles. The Morgan fingerprint density at radius 1 is 1.23 bits per heavy atom. The average Bonchev–Trinajstić information content (AvgIpc) is 2.78. The number of nitrogens with two attached hydrogens (primary N) is 1. The van der Waals surface area contributed by atoms with Gasteiger partial charge in [-0.25, -0.2) is 4.99 Å². The van der Waals surface area contributed by atoms with Gasteiger partial charge in [-0.2, -0.15) is 0 Å². The van der Waals surface area contributed by atoms with E-state index >= 15 is 0 Å². The number of hydrogen-bond acceptors (Lipinski definition) is 5. The molecule has 172 valence electrons. The van der Waals surface area contributed by atoms with Gasteiger partial charge in [-0.15, -0.1) is 0 Å². The third-order valence-corrected chi connectivity index (χ3v) is 5.72. The SMILES string of the molecule is CCNC(=NCc1cccc(COC2CCOCC2)c1)NC1CCN(CC(N)=O)CC1. The second-order valence-electron chi connectivity index (χ2n) is 8.30. The van der Waals surface area contributed by atoms with Gasteiger partial charge in [-0.05, 0) is 43.7 Å². The first-order valence-corrected chi connectivity index (χ1v) is 11.4. The van der Waals surface area contributed by atoms with Gasteiger partial charge in [-0.3, -0.25) is 9.69 Å². The Hall–Kier alpha value is -2.16. The Balaban J connectivity index is 1.48. The summed E-state index contributed by atoms with van der Waals surface area (Å²) in [5.74, 6) is 0.571. The topological polar surface area (TPSA) is 101 Å². The molecule has 4 N–H and O–H groups in total. The zero-order valence-electron chi connectivity index (χ0n) is 18.6. The minimum atomic E-state index is -0.262. The number of aliphatic imine (C=N–C) groups is 1. The van der Waals surface area contributed by atoms with E-state index in [4.69, 9.17) is 20.2 Å². The Bertz CT molecular complexity index is 713. The summed E-state index contributed by atoms with van der Waals surface area (Å²) < 4.78 is 11.4. The lowest BCUT2D eigenvalue weighted by atomic mass is 10.1. The van der Waals surface area contributed by atoms with Crippen LogP contribution in [0.5, 0.6) is 0 Å². The van der Waals surface area contributed by atoms with E-state index in [9.17, 15) is 4.79 Å². The molecule has 1 aromatic rings. The predicted molar refractivity (Wildman–Crippen MR) is 122 cm³/mol. The first-order chi connectivity index (χ1) is 15.1. The van der Waals surface area contributed by atoms with Gasteiger partial charge < -0.3 is 25.8 Å². The molecule has 1 aromatic carbocycles. The summed E-state index contributed by atoms with van der Waals surface area (Å²) in [7, 11) is 0. The number of carbonyl (C=O) groups is 1. The van der Waals surface area contributed by atoms with Crippen molar-refractivity contribution in [3.8, 4) is 0 Å². The fourth-order valence-electron chi connectivity index (χ4n) is 4.01. The fraction of sp³-hybridized carbons (Fsp3) is 0.652. The van der Waals surface area contributed by atoms with E-state index in [1.165, 1.54) is 11.1 Å². The number of primary amides is 1. The molecule has 2 saturated heterocycles. The van der Waals surface area contributed by atoms with Gasteiger partial charge in [0.05, 0.1) is 25.8 Å². The number of amides is 1. The number of ether oxygens (including phenoxy) is 2. The van der Waals surface area contributed by atoms with E-state index in [0.29, 0.717) is 31.8 Å². The van der Waals surface area contributed by atoms with Crippen LogP contribution in [-0.4, -0.2) is 68.3 Å². The third kappa shape index (κ3) is 8.47. The minimum absolute atomic E-state index is 0.262. The molecule has 0 saturated carbocycles. The van der Waals surface area contributed by atoms with Crippen molar-refractivity contribution in [2.45, 2.75) is 57.9 Å².